The molecule has 2 rings (SSSR count). The van der Waals surface area contributed by atoms with Gasteiger partial charge in [0.1, 0.15) is 0 Å². The van der Waals surface area contributed by atoms with E-state index in [1.807, 2.05) is 6.92 Å². The van der Waals surface area contributed by atoms with Crippen LogP contribution in [0.2, 0.25) is 0 Å². The van der Waals surface area contributed by atoms with E-state index in [2.05, 4.69) is 5.32 Å². The third-order valence-electron chi connectivity index (χ3n) is 3.61. The van der Waals surface area contributed by atoms with Crippen LogP contribution in [0.4, 0.5) is 0 Å². The van der Waals surface area contributed by atoms with E-state index in [1.54, 1.807) is 0 Å². The number of hydrogen-bond donors (Lipinski definition) is 2. The van der Waals surface area contributed by atoms with E-state index in [1.165, 1.54) is 19.3 Å². The van der Waals surface area contributed by atoms with E-state index >= 15 is 0 Å². The van der Waals surface area contributed by atoms with Gasteiger partial charge >= 0.3 is 0 Å². The number of carbonyl (C=O) groups excluding carboxylic acids is 1. The zero-order chi connectivity index (χ0) is 10.1. The van der Waals surface area contributed by atoms with Gasteiger partial charge in [0.2, 0.25) is 5.91 Å². The number of hydrogen-bond acceptors (Lipinski definition) is 2. The first-order chi connectivity index (χ1) is 6.70. The van der Waals surface area contributed by atoms with Crippen LogP contribution in [0.5, 0.6) is 0 Å². The van der Waals surface area contributed by atoms with Gasteiger partial charge in [-0.3, -0.25) is 4.79 Å². The van der Waals surface area contributed by atoms with Crippen molar-refractivity contribution in [3.63, 3.8) is 0 Å². The van der Waals surface area contributed by atoms with E-state index in [-0.39, 0.29) is 11.9 Å². The summed E-state index contributed by atoms with van der Waals surface area (Å²) in [5.74, 6) is 2.09. The van der Waals surface area contributed by atoms with Crippen molar-refractivity contribution >= 4 is 5.91 Å². The Morgan fingerprint density at radius 3 is 2.71 bits per heavy atom. The molecule has 0 spiro atoms. The maximum atomic E-state index is 11.6. The molecule has 1 amide bonds. The molecule has 0 aromatic carbocycles. The number of fused-ring (bicyclic) bond motifs is 1. The second-order valence-corrected chi connectivity index (χ2v) is 4.84. The van der Waals surface area contributed by atoms with Crippen molar-refractivity contribution in [2.45, 2.75) is 38.6 Å². The van der Waals surface area contributed by atoms with E-state index in [4.69, 9.17) is 5.73 Å². The zero-order valence-electron chi connectivity index (χ0n) is 8.83. The zero-order valence-corrected chi connectivity index (χ0v) is 8.83. The molecule has 0 radical (unpaired) electrons. The molecule has 0 heterocycles. The van der Waals surface area contributed by atoms with Gasteiger partial charge in [-0.25, -0.2) is 0 Å². The van der Waals surface area contributed by atoms with Crippen LogP contribution in [0.3, 0.4) is 0 Å². The molecule has 3 atom stereocenters. The van der Waals surface area contributed by atoms with E-state index < -0.39 is 0 Å². The molecule has 14 heavy (non-hydrogen) atoms. The van der Waals surface area contributed by atoms with Crippen LogP contribution in [0, 0.1) is 17.8 Å². The average molecular weight is 196 g/mol. The average Bonchev–Trinajstić information content (AvgIpc) is 2.60. The van der Waals surface area contributed by atoms with Crippen molar-refractivity contribution in [3.05, 3.63) is 0 Å². The van der Waals surface area contributed by atoms with E-state index in [0.717, 1.165) is 24.8 Å². The highest BCUT2D eigenvalue weighted by atomic mass is 16.2. The molecule has 2 aliphatic rings. The van der Waals surface area contributed by atoms with Gasteiger partial charge in [-0.05, 0) is 38.0 Å². The number of nitrogens with one attached hydrogen (secondary N) is 1. The van der Waals surface area contributed by atoms with Crippen LogP contribution >= 0.6 is 0 Å². The molecule has 2 aliphatic carbocycles. The molecule has 3 nitrogen and oxygen atoms in total. The topological polar surface area (TPSA) is 55.1 Å². The van der Waals surface area contributed by atoms with Gasteiger partial charge in [0.15, 0.2) is 0 Å². The first-order valence-electron chi connectivity index (χ1n) is 5.73. The first-order valence-corrected chi connectivity index (χ1v) is 5.73. The van der Waals surface area contributed by atoms with Crippen LogP contribution in [-0.2, 0) is 4.79 Å². The molecule has 0 aromatic heterocycles. The number of carbonyl (C=O) groups is 1. The Morgan fingerprint density at radius 2 is 2.14 bits per heavy atom. The minimum absolute atomic E-state index is 0.189. The summed E-state index contributed by atoms with van der Waals surface area (Å²) in [7, 11) is 0. The van der Waals surface area contributed by atoms with Crippen molar-refractivity contribution in [1.29, 1.82) is 0 Å². The van der Waals surface area contributed by atoms with Crippen molar-refractivity contribution in [3.8, 4) is 0 Å². The normalized spacial score (nSPS) is 36.3. The lowest BCUT2D eigenvalue weighted by Gasteiger charge is -2.08. The second kappa shape index (κ2) is 3.89. The van der Waals surface area contributed by atoms with Crippen molar-refractivity contribution in [2.75, 3.05) is 6.54 Å². The summed E-state index contributed by atoms with van der Waals surface area (Å²) >= 11 is 0. The fourth-order valence-corrected chi connectivity index (χ4v) is 2.75. The molecule has 2 saturated carbocycles. The quantitative estimate of drug-likeness (QED) is 0.701. The van der Waals surface area contributed by atoms with Crippen LogP contribution < -0.4 is 11.1 Å². The van der Waals surface area contributed by atoms with Gasteiger partial charge in [-0.2, -0.15) is 0 Å². The number of rotatable bonds is 4. The van der Waals surface area contributed by atoms with Gasteiger partial charge in [0.25, 0.3) is 0 Å². The maximum absolute atomic E-state index is 11.6. The Labute approximate surface area is 85.4 Å². The van der Waals surface area contributed by atoms with Crippen molar-refractivity contribution in [2.24, 2.45) is 23.5 Å². The van der Waals surface area contributed by atoms with Gasteiger partial charge in [0, 0.05) is 18.5 Å². The molecular formula is C11H20N2O. The van der Waals surface area contributed by atoms with E-state index in [0.29, 0.717) is 5.92 Å². The molecule has 0 saturated heterocycles. The Morgan fingerprint density at radius 1 is 1.50 bits per heavy atom. The minimum Gasteiger partial charge on any atom is -0.356 e. The smallest absolute Gasteiger partial charge is 0.223 e. The summed E-state index contributed by atoms with van der Waals surface area (Å²) in [6.45, 7) is 2.71. The standard InChI is InChI=1S/C11H20N2O/c1-7(12)5-6-13-11(14)10-8-3-2-4-9(8)10/h7-10H,2-6,12H2,1H3,(H,13,14). The van der Waals surface area contributed by atoms with Crippen LogP contribution in [0.1, 0.15) is 32.6 Å². The third-order valence-corrected chi connectivity index (χ3v) is 3.61. The van der Waals surface area contributed by atoms with Gasteiger partial charge in [0.05, 0.1) is 0 Å². The van der Waals surface area contributed by atoms with Crippen LogP contribution in [-0.4, -0.2) is 18.5 Å². The SMILES string of the molecule is CC(N)CCNC(=O)C1C2CCCC21. The molecule has 3 unspecified atom stereocenters. The monoisotopic (exact) mass is 196 g/mol. The lowest BCUT2D eigenvalue weighted by Crippen LogP contribution is -2.31. The summed E-state index contributed by atoms with van der Waals surface area (Å²) in [5.41, 5.74) is 5.61. The Bertz CT molecular complexity index is 217. The predicted octanol–water partition coefficient (Wildman–Crippen LogP) is 0.886. The molecular weight excluding hydrogens is 176 g/mol. The fraction of sp³-hybridized carbons (Fsp3) is 0.909. The lowest BCUT2D eigenvalue weighted by molar-refractivity contribution is -0.123. The molecule has 0 aromatic rings. The highest BCUT2D eigenvalue weighted by Crippen LogP contribution is 2.57. The number of nitrogens with two attached hydrogens (primary N) is 1. The second-order valence-electron chi connectivity index (χ2n) is 4.84. The maximum Gasteiger partial charge on any atom is 0.223 e. The summed E-state index contributed by atoms with van der Waals surface area (Å²) in [5, 5.41) is 2.99. The Hall–Kier alpha value is -0.570. The highest BCUT2D eigenvalue weighted by Gasteiger charge is 2.56. The summed E-state index contributed by atoms with van der Waals surface area (Å²) < 4.78 is 0. The van der Waals surface area contributed by atoms with Crippen LogP contribution in [0.15, 0.2) is 0 Å². The van der Waals surface area contributed by atoms with E-state index in [9.17, 15) is 4.79 Å². The van der Waals surface area contributed by atoms with Crippen LogP contribution in [0.25, 0.3) is 0 Å². The van der Waals surface area contributed by atoms with Crippen molar-refractivity contribution in [1.82, 2.24) is 5.32 Å². The highest BCUT2D eigenvalue weighted by molar-refractivity contribution is 5.82. The Kier molecular flexibility index (Phi) is 2.77. The van der Waals surface area contributed by atoms with Gasteiger partial charge < -0.3 is 11.1 Å². The largest absolute Gasteiger partial charge is 0.356 e. The van der Waals surface area contributed by atoms with Gasteiger partial charge in [-0.15, -0.1) is 0 Å². The molecule has 2 fully saturated rings. The first kappa shape index (κ1) is 9.97. The van der Waals surface area contributed by atoms with Gasteiger partial charge in [-0.1, -0.05) is 6.42 Å². The van der Waals surface area contributed by atoms with Crippen molar-refractivity contribution < 1.29 is 4.79 Å². The molecule has 0 aliphatic heterocycles. The minimum atomic E-state index is 0.189. The lowest BCUT2D eigenvalue weighted by atomic mass is 10.1. The molecule has 0 bridgehead atoms. The summed E-state index contributed by atoms with van der Waals surface area (Å²) in [6, 6.07) is 0.189. The fourth-order valence-electron chi connectivity index (χ4n) is 2.75. The molecule has 80 valence electrons. The summed E-state index contributed by atoms with van der Waals surface area (Å²) in [4.78, 5) is 11.6. The summed E-state index contributed by atoms with van der Waals surface area (Å²) in [6.07, 6.45) is 4.76. The Balaban J connectivity index is 1.65. The molecule has 3 N–H and O–H groups in total. The predicted molar refractivity (Wildman–Crippen MR) is 55.6 cm³/mol. The molecule has 3 heteroatoms. The number of amides is 1. The third kappa shape index (κ3) is 1.92.